The van der Waals surface area contributed by atoms with E-state index in [1.165, 1.54) is 0 Å². The second-order valence-electron chi connectivity index (χ2n) is 3.31. The van der Waals surface area contributed by atoms with Crippen molar-refractivity contribution in [2.24, 2.45) is 0 Å². The van der Waals surface area contributed by atoms with Crippen LogP contribution in [0.2, 0.25) is 10.0 Å². The molecule has 5 heteroatoms. The molecule has 16 heavy (non-hydrogen) atoms. The molecule has 0 amide bonds. The minimum absolute atomic E-state index is 0.253. The van der Waals surface area contributed by atoms with Gasteiger partial charge in [0.15, 0.2) is 5.76 Å². The predicted molar refractivity (Wildman–Crippen MR) is 66.2 cm³/mol. The van der Waals surface area contributed by atoms with E-state index in [9.17, 15) is 0 Å². The van der Waals surface area contributed by atoms with Crippen LogP contribution in [0, 0.1) is 0 Å². The minimum atomic E-state index is -0.253. The second kappa shape index (κ2) is 4.66. The normalized spacial score (nSPS) is 12.8. The summed E-state index contributed by atoms with van der Waals surface area (Å²) in [4.78, 5) is 4.07. The van der Waals surface area contributed by atoms with Gasteiger partial charge in [0, 0.05) is 5.56 Å². The highest BCUT2D eigenvalue weighted by Gasteiger charge is 2.11. The van der Waals surface area contributed by atoms with Crippen LogP contribution < -0.4 is 0 Å². The van der Waals surface area contributed by atoms with E-state index in [1.54, 1.807) is 25.3 Å². The number of benzene rings is 1. The number of rotatable bonds is 2. The van der Waals surface area contributed by atoms with Gasteiger partial charge in [0.2, 0.25) is 5.89 Å². The highest BCUT2D eigenvalue weighted by atomic mass is 35.5. The molecule has 2 aromatic rings. The lowest BCUT2D eigenvalue weighted by Crippen LogP contribution is -1.80. The number of hydrogen-bond donors (Lipinski definition) is 0. The summed E-state index contributed by atoms with van der Waals surface area (Å²) in [5.41, 5.74) is 0.825. The first-order valence-corrected chi connectivity index (χ1v) is 5.82. The molecule has 0 saturated carbocycles. The van der Waals surface area contributed by atoms with Crippen molar-refractivity contribution >= 4 is 34.8 Å². The van der Waals surface area contributed by atoms with Gasteiger partial charge in [-0.25, -0.2) is 4.98 Å². The Hall–Kier alpha value is -0.700. The van der Waals surface area contributed by atoms with Gasteiger partial charge in [-0.2, -0.15) is 0 Å². The van der Waals surface area contributed by atoms with Gasteiger partial charge < -0.3 is 4.42 Å². The number of alkyl halides is 1. The van der Waals surface area contributed by atoms with Gasteiger partial charge in [0.25, 0.3) is 0 Å². The fourth-order valence-electron chi connectivity index (χ4n) is 1.25. The van der Waals surface area contributed by atoms with Crippen molar-refractivity contribution in [1.29, 1.82) is 0 Å². The molecule has 0 aliphatic rings. The maximum Gasteiger partial charge on any atom is 0.212 e. The third kappa shape index (κ3) is 2.34. The number of oxazole rings is 1. The molecule has 0 unspecified atom stereocenters. The topological polar surface area (TPSA) is 26.0 Å². The largest absolute Gasteiger partial charge is 0.439 e. The van der Waals surface area contributed by atoms with Gasteiger partial charge in [0.1, 0.15) is 5.38 Å². The highest BCUT2D eigenvalue weighted by Crippen LogP contribution is 2.30. The molecule has 1 heterocycles. The summed E-state index contributed by atoms with van der Waals surface area (Å²) in [5, 5.41) is 0.739. The van der Waals surface area contributed by atoms with Crippen LogP contribution in [0.3, 0.4) is 0 Å². The third-order valence-corrected chi connectivity index (χ3v) is 2.99. The molecule has 1 aromatic carbocycles. The Morgan fingerprint density at radius 3 is 2.56 bits per heavy atom. The smallest absolute Gasteiger partial charge is 0.212 e. The number of halogens is 3. The van der Waals surface area contributed by atoms with Gasteiger partial charge in [0.05, 0.1) is 16.2 Å². The van der Waals surface area contributed by atoms with Crippen LogP contribution in [0.1, 0.15) is 18.2 Å². The molecule has 0 saturated heterocycles. The summed E-state index contributed by atoms with van der Waals surface area (Å²) in [6, 6.07) is 5.26. The first-order chi connectivity index (χ1) is 7.58. The van der Waals surface area contributed by atoms with E-state index in [0.717, 1.165) is 5.56 Å². The van der Waals surface area contributed by atoms with Crippen LogP contribution in [0.15, 0.2) is 28.8 Å². The summed E-state index contributed by atoms with van der Waals surface area (Å²) in [6.07, 6.45) is 1.62. The Balaban J connectivity index is 2.39. The van der Waals surface area contributed by atoms with Gasteiger partial charge in [-0.3, -0.25) is 0 Å². The number of aromatic nitrogens is 1. The molecular formula is C11H8Cl3NO. The zero-order valence-electron chi connectivity index (χ0n) is 8.38. The summed E-state index contributed by atoms with van der Waals surface area (Å²) in [5.74, 6) is 1.11. The van der Waals surface area contributed by atoms with E-state index in [1.807, 2.05) is 6.07 Å². The van der Waals surface area contributed by atoms with Crippen molar-refractivity contribution in [3.63, 3.8) is 0 Å². The van der Waals surface area contributed by atoms with Crippen molar-refractivity contribution in [1.82, 2.24) is 4.98 Å². The first kappa shape index (κ1) is 11.8. The van der Waals surface area contributed by atoms with Crippen LogP contribution >= 0.6 is 34.8 Å². The maximum absolute atomic E-state index is 5.91. The first-order valence-electron chi connectivity index (χ1n) is 4.63. The van der Waals surface area contributed by atoms with Crippen LogP contribution in [0.4, 0.5) is 0 Å². The summed E-state index contributed by atoms with van der Waals surface area (Å²) in [6.45, 7) is 1.80. The molecule has 0 fully saturated rings. The molecule has 0 N–H and O–H groups in total. The van der Waals surface area contributed by atoms with Crippen molar-refractivity contribution in [3.05, 3.63) is 40.3 Å². The van der Waals surface area contributed by atoms with Crippen molar-refractivity contribution in [3.8, 4) is 11.3 Å². The standard InChI is InChI=1S/C11H8Cl3NO/c1-6(12)11-15-5-10(16-11)7-2-3-8(13)9(14)4-7/h2-6H,1H3/t6-/m0/s1. The van der Waals surface area contributed by atoms with Gasteiger partial charge in [-0.15, -0.1) is 11.6 Å². The van der Waals surface area contributed by atoms with Crippen LogP contribution in [0.25, 0.3) is 11.3 Å². The van der Waals surface area contributed by atoms with Crippen LogP contribution in [-0.4, -0.2) is 4.98 Å². The van der Waals surface area contributed by atoms with Crippen molar-refractivity contribution in [2.45, 2.75) is 12.3 Å². The Morgan fingerprint density at radius 2 is 2.00 bits per heavy atom. The lowest BCUT2D eigenvalue weighted by Gasteiger charge is -1.99. The zero-order valence-corrected chi connectivity index (χ0v) is 10.6. The van der Waals surface area contributed by atoms with E-state index in [4.69, 9.17) is 39.2 Å². The molecule has 0 radical (unpaired) electrons. The van der Waals surface area contributed by atoms with Gasteiger partial charge >= 0.3 is 0 Å². The second-order valence-corrected chi connectivity index (χ2v) is 4.78. The number of nitrogens with zero attached hydrogens (tertiary/aromatic N) is 1. The quantitative estimate of drug-likeness (QED) is 0.725. The molecule has 1 atom stereocenters. The van der Waals surface area contributed by atoms with Gasteiger partial charge in [-0.05, 0) is 25.1 Å². The van der Waals surface area contributed by atoms with Crippen molar-refractivity contribution in [2.75, 3.05) is 0 Å². The summed E-state index contributed by atoms with van der Waals surface area (Å²) in [7, 11) is 0. The van der Waals surface area contributed by atoms with E-state index in [0.29, 0.717) is 21.7 Å². The summed E-state index contributed by atoms with van der Waals surface area (Å²) >= 11 is 17.6. The monoisotopic (exact) mass is 275 g/mol. The molecule has 0 bridgehead atoms. The molecule has 2 rings (SSSR count). The average Bonchev–Trinajstić information content (AvgIpc) is 2.71. The minimum Gasteiger partial charge on any atom is -0.439 e. The molecule has 0 aliphatic heterocycles. The lowest BCUT2D eigenvalue weighted by atomic mass is 10.2. The average molecular weight is 277 g/mol. The lowest BCUT2D eigenvalue weighted by molar-refractivity contribution is 0.508. The Kier molecular flexibility index (Phi) is 3.43. The maximum atomic E-state index is 5.91. The zero-order chi connectivity index (χ0) is 11.7. The van der Waals surface area contributed by atoms with Crippen molar-refractivity contribution < 1.29 is 4.42 Å². The summed E-state index contributed by atoms with van der Waals surface area (Å²) < 4.78 is 5.48. The highest BCUT2D eigenvalue weighted by molar-refractivity contribution is 6.42. The molecule has 0 aliphatic carbocycles. The number of hydrogen-bond acceptors (Lipinski definition) is 2. The van der Waals surface area contributed by atoms with E-state index >= 15 is 0 Å². The molecule has 0 spiro atoms. The van der Waals surface area contributed by atoms with Gasteiger partial charge in [-0.1, -0.05) is 23.2 Å². The molecule has 2 nitrogen and oxygen atoms in total. The molecular weight excluding hydrogens is 268 g/mol. The van der Waals surface area contributed by atoms with Crippen LogP contribution in [-0.2, 0) is 0 Å². The fraction of sp³-hybridized carbons (Fsp3) is 0.182. The fourth-order valence-corrected chi connectivity index (χ4v) is 1.65. The van der Waals surface area contributed by atoms with Crippen LogP contribution in [0.5, 0.6) is 0 Å². The Bertz CT molecular complexity index is 508. The Morgan fingerprint density at radius 1 is 1.25 bits per heavy atom. The molecule has 84 valence electrons. The molecule has 1 aromatic heterocycles. The Labute approximate surface area is 108 Å². The SMILES string of the molecule is C[C@H](Cl)c1ncc(-c2ccc(Cl)c(Cl)c2)o1. The van der Waals surface area contributed by atoms with E-state index in [2.05, 4.69) is 4.98 Å². The van der Waals surface area contributed by atoms with E-state index in [-0.39, 0.29) is 5.38 Å². The predicted octanol–water partition coefficient (Wildman–Crippen LogP) is 4.95. The van der Waals surface area contributed by atoms with E-state index < -0.39 is 0 Å². The third-order valence-electron chi connectivity index (χ3n) is 2.07.